The van der Waals surface area contributed by atoms with Crippen molar-refractivity contribution in [3.05, 3.63) is 47.0 Å². The van der Waals surface area contributed by atoms with Crippen molar-refractivity contribution < 1.29 is 4.79 Å². The SMILES string of the molecule is Cc1ccc(C(=O)NCCc2nnc3n2CCNCC3)cc1. The summed E-state index contributed by atoms with van der Waals surface area (Å²) >= 11 is 0. The molecule has 1 aliphatic heterocycles. The molecule has 1 amide bonds. The number of nitrogens with one attached hydrogen (secondary N) is 2. The Bertz CT molecular complexity index is 647. The summed E-state index contributed by atoms with van der Waals surface area (Å²) in [5.41, 5.74) is 1.84. The van der Waals surface area contributed by atoms with Crippen molar-refractivity contribution in [3.8, 4) is 0 Å². The fourth-order valence-electron chi connectivity index (χ4n) is 2.61. The van der Waals surface area contributed by atoms with Crippen LogP contribution in [-0.2, 0) is 19.4 Å². The van der Waals surface area contributed by atoms with Crippen molar-refractivity contribution in [3.63, 3.8) is 0 Å². The molecule has 22 heavy (non-hydrogen) atoms. The maximum atomic E-state index is 12.1. The van der Waals surface area contributed by atoms with Crippen molar-refractivity contribution >= 4 is 5.91 Å². The minimum Gasteiger partial charge on any atom is -0.352 e. The van der Waals surface area contributed by atoms with Gasteiger partial charge in [-0.15, -0.1) is 10.2 Å². The van der Waals surface area contributed by atoms with Gasteiger partial charge in [-0.05, 0) is 19.1 Å². The van der Waals surface area contributed by atoms with Gasteiger partial charge in [0.05, 0.1) is 0 Å². The normalized spacial score (nSPS) is 14.2. The van der Waals surface area contributed by atoms with E-state index in [9.17, 15) is 4.79 Å². The topological polar surface area (TPSA) is 71.8 Å². The number of nitrogens with zero attached hydrogens (tertiary/aromatic N) is 3. The Morgan fingerprint density at radius 1 is 1.27 bits per heavy atom. The second-order valence-electron chi connectivity index (χ2n) is 5.56. The minimum atomic E-state index is -0.0442. The standard InChI is InChI=1S/C16H21N5O/c1-12-2-4-13(5-3-12)16(22)18-9-7-15-20-19-14-6-8-17-10-11-21(14)15/h2-5,17H,6-11H2,1H3,(H,18,22). The molecule has 0 radical (unpaired) electrons. The Morgan fingerprint density at radius 3 is 2.91 bits per heavy atom. The molecule has 6 heteroatoms. The Kier molecular flexibility index (Phi) is 4.48. The fraction of sp³-hybridized carbons (Fsp3) is 0.438. The summed E-state index contributed by atoms with van der Waals surface area (Å²) in [6, 6.07) is 7.58. The second kappa shape index (κ2) is 6.70. The molecule has 0 saturated carbocycles. The van der Waals surface area contributed by atoms with Gasteiger partial charge in [0.1, 0.15) is 11.6 Å². The van der Waals surface area contributed by atoms with Crippen LogP contribution >= 0.6 is 0 Å². The van der Waals surface area contributed by atoms with Crippen LogP contribution in [-0.4, -0.2) is 40.3 Å². The van der Waals surface area contributed by atoms with E-state index >= 15 is 0 Å². The van der Waals surface area contributed by atoms with Gasteiger partial charge in [0.2, 0.25) is 0 Å². The molecular weight excluding hydrogens is 278 g/mol. The third-order valence-corrected chi connectivity index (χ3v) is 3.89. The summed E-state index contributed by atoms with van der Waals surface area (Å²) in [6.07, 6.45) is 1.60. The van der Waals surface area contributed by atoms with E-state index in [4.69, 9.17) is 0 Å². The van der Waals surface area contributed by atoms with Crippen LogP contribution < -0.4 is 10.6 Å². The van der Waals surface area contributed by atoms with Crippen molar-refractivity contribution in [2.24, 2.45) is 0 Å². The first-order chi connectivity index (χ1) is 10.7. The lowest BCUT2D eigenvalue weighted by Crippen LogP contribution is -2.26. The Hall–Kier alpha value is -2.21. The van der Waals surface area contributed by atoms with E-state index in [1.807, 2.05) is 31.2 Å². The highest BCUT2D eigenvalue weighted by Gasteiger charge is 2.14. The van der Waals surface area contributed by atoms with Crippen LogP contribution in [0.15, 0.2) is 24.3 Å². The predicted molar refractivity (Wildman–Crippen MR) is 83.8 cm³/mol. The first kappa shape index (κ1) is 14.7. The third kappa shape index (κ3) is 3.33. The number of fused-ring (bicyclic) bond motifs is 1. The van der Waals surface area contributed by atoms with Crippen molar-refractivity contribution in [2.75, 3.05) is 19.6 Å². The molecule has 2 aromatic rings. The van der Waals surface area contributed by atoms with Crippen molar-refractivity contribution in [2.45, 2.75) is 26.3 Å². The zero-order chi connectivity index (χ0) is 15.4. The number of hydrogen-bond donors (Lipinski definition) is 2. The molecule has 6 nitrogen and oxygen atoms in total. The molecule has 3 rings (SSSR count). The van der Waals surface area contributed by atoms with Gasteiger partial charge in [-0.1, -0.05) is 17.7 Å². The number of rotatable bonds is 4. The molecular formula is C16H21N5O. The fourth-order valence-corrected chi connectivity index (χ4v) is 2.61. The molecule has 0 bridgehead atoms. The highest BCUT2D eigenvalue weighted by atomic mass is 16.1. The average Bonchev–Trinajstić information content (AvgIpc) is 2.76. The summed E-state index contributed by atoms with van der Waals surface area (Å²) in [5, 5.41) is 14.8. The van der Waals surface area contributed by atoms with Gasteiger partial charge in [-0.2, -0.15) is 0 Å². The van der Waals surface area contributed by atoms with Crippen LogP contribution in [0.2, 0.25) is 0 Å². The van der Waals surface area contributed by atoms with E-state index in [0.29, 0.717) is 18.5 Å². The van der Waals surface area contributed by atoms with E-state index in [1.54, 1.807) is 0 Å². The third-order valence-electron chi connectivity index (χ3n) is 3.89. The number of amides is 1. The smallest absolute Gasteiger partial charge is 0.251 e. The zero-order valence-electron chi connectivity index (χ0n) is 12.8. The monoisotopic (exact) mass is 299 g/mol. The molecule has 2 heterocycles. The number of benzene rings is 1. The first-order valence-electron chi connectivity index (χ1n) is 7.70. The summed E-state index contributed by atoms with van der Waals surface area (Å²) in [5.74, 6) is 1.94. The number of hydrogen-bond acceptors (Lipinski definition) is 4. The summed E-state index contributed by atoms with van der Waals surface area (Å²) in [7, 11) is 0. The summed E-state index contributed by atoms with van der Waals surface area (Å²) in [4.78, 5) is 12.1. The number of aromatic nitrogens is 3. The summed E-state index contributed by atoms with van der Waals surface area (Å²) < 4.78 is 2.16. The van der Waals surface area contributed by atoms with Crippen molar-refractivity contribution in [1.29, 1.82) is 0 Å². The average molecular weight is 299 g/mol. The lowest BCUT2D eigenvalue weighted by atomic mass is 10.1. The lowest BCUT2D eigenvalue weighted by Gasteiger charge is -2.08. The highest BCUT2D eigenvalue weighted by Crippen LogP contribution is 2.06. The van der Waals surface area contributed by atoms with Gasteiger partial charge in [-0.25, -0.2) is 0 Å². The first-order valence-corrected chi connectivity index (χ1v) is 7.70. The molecule has 0 aliphatic carbocycles. The molecule has 1 aliphatic rings. The summed E-state index contributed by atoms with van der Waals surface area (Å²) in [6.45, 7) is 5.35. The van der Waals surface area contributed by atoms with Crippen LogP contribution in [0, 0.1) is 6.92 Å². The largest absolute Gasteiger partial charge is 0.352 e. The van der Waals surface area contributed by atoms with Crippen LogP contribution in [0.1, 0.15) is 27.6 Å². The number of aryl methyl sites for hydroxylation is 1. The Balaban J connectivity index is 1.56. The second-order valence-corrected chi connectivity index (χ2v) is 5.56. The zero-order valence-corrected chi connectivity index (χ0v) is 12.8. The van der Waals surface area contributed by atoms with E-state index in [-0.39, 0.29) is 5.91 Å². The van der Waals surface area contributed by atoms with Gasteiger partial charge in [0, 0.05) is 44.6 Å². The maximum Gasteiger partial charge on any atom is 0.251 e. The Morgan fingerprint density at radius 2 is 2.09 bits per heavy atom. The van der Waals surface area contributed by atoms with E-state index < -0.39 is 0 Å². The van der Waals surface area contributed by atoms with Gasteiger partial charge >= 0.3 is 0 Å². The molecule has 0 atom stereocenters. The highest BCUT2D eigenvalue weighted by molar-refractivity contribution is 5.94. The number of carbonyl (C=O) groups excluding carboxylic acids is 1. The molecule has 1 aromatic carbocycles. The Labute approximate surface area is 129 Å². The van der Waals surface area contributed by atoms with Crippen LogP contribution in [0.3, 0.4) is 0 Å². The number of carbonyl (C=O) groups is 1. The molecule has 0 fully saturated rings. The molecule has 0 spiro atoms. The van der Waals surface area contributed by atoms with Crippen LogP contribution in [0.25, 0.3) is 0 Å². The quantitative estimate of drug-likeness (QED) is 0.872. The molecule has 116 valence electrons. The van der Waals surface area contributed by atoms with Crippen LogP contribution in [0.5, 0.6) is 0 Å². The van der Waals surface area contributed by atoms with E-state index in [0.717, 1.165) is 43.3 Å². The van der Waals surface area contributed by atoms with E-state index in [2.05, 4.69) is 25.4 Å². The van der Waals surface area contributed by atoms with Crippen LogP contribution in [0.4, 0.5) is 0 Å². The molecule has 1 aromatic heterocycles. The molecule has 0 saturated heterocycles. The van der Waals surface area contributed by atoms with Crippen molar-refractivity contribution in [1.82, 2.24) is 25.4 Å². The van der Waals surface area contributed by atoms with Gasteiger partial charge in [0.25, 0.3) is 5.91 Å². The predicted octanol–water partition coefficient (Wildman–Crippen LogP) is 0.705. The molecule has 0 unspecified atom stereocenters. The maximum absolute atomic E-state index is 12.1. The lowest BCUT2D eigenvalue weighted by molar-refractivity contribution is 0.0954. The molecule has 2 N–H and O–H groups in total. The van der Waals surface area contributed by atoms with Gasteiger partial charge in [-0.3, -0.25) is 4.79 Å². The van der Waals surface area contributed by atoms with Gasteiger partial charge in [0.15, 0.2) is 0 Å². The van der Waals surface area contributed by atoms with Gasteiger partial charge < -0.3 is 15.2 Å². The minimum absolute atomic E-state index is 0.0442. The van der Waals surface area contributed by atoms with E-state index in [1.165, 1.54) is 0 Å².